The van der Waals surface area contributed by atoms with Crippen LogP contribution in [0.3, 0.4) is 0 Å². The van der Waals surface area contributed by atoms with E-state index in [1.54, 1.807) is 6.07 Å². The van der Waals surface area contributed by atoms with Crippen LogP contribution in [-0.4, -0.2) is 55.4 Å². The second kappa shape index (κ2) is 9.49. The summed E-state index contributed by atoms with van der Waals surface area (Å²) in [4.78, 5) is 14.6. The number of phenols is 1. The first kappa shape index (κ1) is 20.7. The highest BCUT2D eigenvalue weighted by molar-refractivity contribution is 5.95. The van der Waals surface area contributed by atoms with E-state index in [4.69, 9.17) is 9.47 Å². The topological polar surface area (TPSA) is 71.0 Å². The number of carbonyl (C=O) groups is 1. The minimum Gasteiger partial charge on any atom is -0.508 e. The number of aromatic hydroxyl groups is 1. The average molecular weight is 411 g/mol. The van der Waals surface area contributed by atoms with Crippen LogP contribution in [0.15, 0.2) is 36.4 Å². The number of nitrogens with one attached hydrogen (secondary N) is 1. The lowest BCUT2D eigenvalue weighted by Gasteiger charge is -2.27. The maximum absolute atomic E-state index is 12.2. The number of fused-ring (bicyclic) bond motifs is 1. The molecule has 1 unspecified atom stereocenters. The lowest BCUT2D eigenvalue weighted by atomic mass is 9.84. The van der Waals surface area contributed by atoms with Gasteiger partial charge in [0.25, 0.3) is 0 Å². The molecule has 0 aromatic heterocycles. The number of hydrogen-bond acceptors (Lipinski definition) is 5. The van der Waals surface area contributed by atoms with Gasteiger partial charge >= 0.3 is 0 Å². The second-order valence-electron chi connectivity index (χ2n) is 8.11. The van der Waals surface area contributed by atoms with E-state index in [2.05, 4.69) is 10.2 Å². The third-order valence-corrected chi connectivity index (χ3v) is 5.93. The maximum atomic E-state index is 12.2. The molecule has 2 heterocycles. The van der Waals surface area contributed by atoms with E-state index in [9.17, 15) is 9.90 Å². The summed E-state index contributed by atoms with van der Waals surface area (Å²) in [5.41, 5.74) is 3.63. The first-order valence-electron chi connectivity index (χ1n) is 10.8. The van der Waals surface area contributed by atoms with E-state index in [0.29, 0.717) is 18.7 Å². The van der Waals surface area contributed by atoms with E-state index in [1.165, 1.54) is 0 Å². The monoisotopic (exact) mass is 410 g/mol. The Morgan fingerprint density at radius 1 is 1.17 bits per heavy atom. The zero-order valence-electron chi connectivity index (χ0n) is 17.5. The molecule has 2 N–H and O–H groups in total. The SMILES string of the molecule is Cc1cc2c(cc1O)NC(=O)CC2c1ccc(OCCCCN2CCOCC2)cc1. The number of aryl methyl sites for hydroxylation is 1. The van der Waals surface area contributed by atoms with Gasteiger partial charge in [-0.3, -0.25) is 9.69 Å². The Kier molecular flexibility index (Phi) is 6.55. The number of amides is 1. The van der Waals surface area contributed by atoms with Gasteiger partial charge in [-0.2, -0.15) is 0 Å². The average Bonchev–Trinajstić information content (AvgIpc) is 2.75. The third-order valence-electron chi connectivity index (χ3n) is 5.93. The summed E-state index contributed by atoms with van der Waals surface area (Å²) in [5, 5.41) is 12.8. The first-order valence-corrected chi connectivity index (χ1v) is 10.8. The Bertz CT molecular complexity index is 876. The molecule has 0 radical (unpaired) electrons. The molecule has 160 valence electrons. The van der Waals surface area contributed by atoms with Crippen LogP contribution in [0.4, 0.5) is 5.69 Å². The van der Waals surface area contributed by atoms with Gasteiger partial charge in [-0.05, 0) is 61.2 Å². The summed E-state index contributed by atoms with van der Waals surface area (Å²) in [7, 11) is 0. The molecular formula is C24H30N2O4. The van der Waals surface area contributed by atoms with Crippen LogP contribution in [0.1, 0.15) is 41.9 Å². The van der Waals surface area contributed by atoms with E-state index in [1.807, 2.05) is 37.3 Å². The zero-order valence-corrected chi connectivity index (χ0v) is 17.5. The molecule has 0 spiro atoms. The fraction of sp³-hybridized carbons (Fsp3) is 0.458. The number of nitrogens with zero attached hydrogens (tertiary/aromatic N) is 1. The molecule has 1 amide bonds. The molecular weight excluding hydrogens is 380 g/mol. The molecule has 4 rings (SSSR count). The van der Waals surface area contributed by atoms with Gasteiger partial charge in [0.05, 0.1) is 19.8 Å². The highest BCUT2D eigenvalue weighted by Gasteiger charge is 2.27. The molecule has 30 heavy (non-hydrogen) atoms. The van der Waals surface area contributed by atoms with E-state index < -0.39 is 0 Å². The summed E-state index contributed by atoms with van der Waals surface area (Å²) in [6.45, 7) is 7.43. The number of morpholine rings is 1. The number of phenolic OH excluding ortho intramolecular Hbond substituents is 1. The summed E-state index contributed by atoms with van der Waals surface area (Å²) in [6, 6.07) is 11.7. The zero-order chi connectivity index (χ0) is 20.9. The second-order valence-corrected chi connectivity index (χ2v) is 8.11. The van der Waals surface area contributed by atoms with Gasteiger partial charge in [0.1, 0.15) is 11.5 Å². The van der Waals surface area contributed by atoms with Crippen molar-refractivity contribution in [1.29, 1.82) is 0 Å². The molecule has 0 bridgehead atoms. The predicted molar refractivity (Wildman–Crippen MR) is 116 cm³/mol. The van der Waals surface area contributed by atoms with Crippen LogP contribution in [0.2, 0.25) is 0 Å². The number of hydrogen-bond donors (Lipinski definition) is 2. The van der Waals surface area contributed by atoms with E-state index >= 15 is 0 Å². The van der Waals surface area contributed by atoms with Crippen LogP contribution in [0.25, 0.3) is 0 Å². The van der Waals surface area contributed by atoms with Crippen molar-refractivity contribution in [3.05, 3.63) is 53.1 Å². The predicted octanol–water partition coefficient (Wildman–Crippen LogP) is 3.67. The van der Waals surface area contributed by atoms with Gasteiger partial charge in [-0.15, -0.1) is 0 Å². The molecule has 1 fully saturated rings. The number of anilines is 1. The summed E-state index contributed by atoms with van der Waals surface area (Å²) in [5.74, 6) is 1.01. The molecule has 1 atom stereocenters. The summed E-state index contributed by atoms with van der Waals surface area (Å²) in [6.07, 6.45) is 2.55. The highest BCUT2D eigenvalue weighted by Crippen LogP contribution is 2.40. The molecule has 0 saturated carbocycles. The van der Waals surface area contributed by atoms with E-state index in [-0.39, 0.29) is 17.6 Å². The Labute approximate surface area is 177 Å². The Morgan fingerprint density at radius 2 is 1.93 bits per heavy atom. The standard InChI is InChI=1S/C24H30N2O4/c1-17-14-21-20(15-24(28)25-22(21)16-23(17)27)18-4-6-19(7-5-18)30-11-3-2-8-26-9-12-29-13-10-26/h4-7,14,16,20,27H,2-3,8-13,15H2,1H3,(H,25,28). The van der Waals surface area contributed by atoms with Crippen molar-refractivity contribution in [3.63, 3.8) is 0 Å². The van der Waals surface area contributed by atoms with Crippen molar-refractivity contribution in [2.75, 3.05) is 44.8 Å². The van der Waals surface area contributed by atoms with Gasteiger partial charge in [-0.1, -0.05) is 12.1 Å². The normalized spacial score (nSPS) is 19.2. The number of rotatable bonds is 7. The molecule has 6 heteroatoms. The molecule has 2 aromatic carbocycles. The van der Waals surface area contributed by atoms with Crippen molar-refractivity contribution in [2.24, 2.45) is 0 Å². The van der Waals surface area contributed by atoms with Crippen LogP contribution >= 0.6 is 0 Å². The van der Waals surface area contributed by atoms with Gasteiger partial charge < -0.3 is 19.9 Å². The van der Waals surface area contributed by atoms with Crippen LogP contribution in [0, 0.1) is 6.92 Å². The van der Waals surface area contributed by atoms with Gasteiger partial charge in [0.2, 0.25) is 5.91 Å². The Hall–Kier alpha value is -2.57. The smallest absolute Gasteiger partial charge is 0.225 e. The lowest BCUT2D eigenvalue weighted by molar-refractivity contribution is -0.116. The van der Waals surface area contributed by atoms with Crippen LogP contribution in [-0.2, 0) is 9.53 Å². The van der Waals surface area contributed by atoms with Crippen molar-refractivity contribution >= 4 is 11.6 Å². The fourth-order valence-corrected chi connectivity index (χ4v) is 4.16. The minimum atomic E-state index is -0.0312. The van der Waals surface area contributed by atoms with Crippen LogP contribution < -0.4 is 10.1 Å². The molecule has 2 aromatic rings. The van der Waals surface area contributed by atoms with Gasteiger partial charge in [0.15, 0.2) is 0 Å². The largest absolute Gasteiger partial charge is 0.508 e. The van der Waals surface area contributed by atoms with Crippen molar-refractivity contribution in [2.45, 2.75) is 32.1 Å². The van der Waals surface area contributed by atoms with Crippen molar-refractivity contribution < 1.29 is 19.4 Å². The molecule has 2 aliphatic heterocycles. The fourth-order valence-electron chi connectivity index (χ4n) is 4.16. The maximum Gasteiger partial charge on any atom is 0.225 e. The van der Waals surface area contributed by atoms with Crippen molar-refractivity contribution in [1.82, 2.24) is 4.90 Å². The minimum absolute atomic E-state index is 0.0179. The molecule has 6 nitrogen and oxygen atoms in total. The molecule has 1 saturated heterocycles. The van der Waals surface area contributed by atoms with Gasteiger partial charge in [-0.25, -0.2) is 0 Å². The Morgan fingerprint density at radius 3 is 2.70 bits per heavy atom. The number of carbonyl (C=O) groups excluding carboxylic acids is 1. The quantitative estimate of drug-likeness (QED) is 0.682. The van der Waals surface area contributed by atoms with Gasteiger partial charge in [0, 0.05) is 37.2 Å². The highest BCUT2D eigenvalue weighted by atomic mass is 16.5. The summed E-state index contributed by atoms with van der Waals surface area (Å²) < 4.78 is 11.3. The lowest BCUT2D eigenvalue weighted by Crippen LogP contribution is -2.36. The first-order chi connectivity index (χ1) is 14.6. The third kappa shape index (κ3) is 4.94. The van der Waals surface area contributed by atoms with E-state index in [0.717, 1.165) is 68.1 Å². The molecule has 0 aliphatic carbocycles. The number of benzene rings is 2. The summed E-state index contributed by atoms with van der Waals surface area (Å²) >= 11 is 0. The number of unbranched alkanes of at least 4 members (excludes halogenated alkanes) is 1. The number of ether oxygens (including phenoxy) is 2. The van der Waals surface area contributed by atoms with Crippen molar-refractivity contribution in [3.8, 4) is 11.5 Å². The molecule has 2 aliphatic rings. The Balaban J connectivity index is 1.32. The van der Waals surface area contributed by atoms with Crippen LogP contribution in [0.5, 0.6) is 11.5 Å².